The molecule has 5 heteroatoms. The van der Waals surface area contributed by atoms with Crippen LogP contribution in [0.3, 0.4) is 0 Å². The quantitative estimate of drug-likeness (QED) is 0.780. The zero-order chi connectivity index (χ0) is 13.9. The molecule has 19 heavy (non-hydrogen) atoms. The zero-order valence-electron chi connectivity index (χ0n) is 11.6. The van der Waals surface area contributed by atoms with Crippen LogP contribution >= 0.6 is 0 Å². The molecule has 0 N–H and O–H groups in total. The lowest BCUT2D eigenvalue weighted by atomic mass is 10.1. The Balaban J connectivity index is 2.22. The van der Waals surface area contributed by atoms with E-state index in [-0.39, 0.29) is 6.09 Å². The van der Waals surface area contributed by atoms with Crippen LogP contribution in [0.1, 0.15) is 39.2 Å². The van der Waals surface area contributed by atoms with Crippen LogP contribution in [-0.2, 0) is 4.74 Å². The summed E-state index contributed by atoms with van der Waals surface area (Å²) in [5.41, 5.74) is 1.26. The summed E-state index contributed by atoms with van der Waals surface area (Å²) in [5.74, 6) is 0. The highest BCUT2D eigenvalue weighted by Crippen LogP contribution is 2.26. The molecule has 0 aromatic carbocycles. The molecule has 2 heterocycles. The predicted molar refractivity (Wildman–Crippen MR) is 72.2 cm³/mol. The van der Waals surface area contributed by atoms with Gasteiger partial charge in [-0.3, -0.25) is 4.90 Å². The maximum atomic E-state index is 12.2. The van der Waals surface area contributed by atoms with Crippen molar-refractivity contribution in [2.24, 2.45) is 0 Å². The van der Waals surface area contributed by atoms with Crippen molar-refractivity contribution in [2.75, 3.05) is 6.54 Å². The molecule has 0 atom stereocenters. The van der Waals surface area contributed by atoms with Crippen molar-refractivity contribution in [3.8, 4) is 0 Å². The summed E-state index contributed by atoms with van der Waals surface area (Å²) < 4.78 is 5.44. The Morgan fingerprint density at radius 1 is 1.37 bits per heavy atom. The van der Waals surface area contributed by atoms with Gasteiger partial charge in [0.2, 0.25) is 0 Å². The molecular formula is C14H19N3O2. The second-order valence-electron chi connectivity index (χ2n) is 5.49. The van der Waals surface area contributed by atoms with E-state index in [0.717, 1.165) is 24.1 Å². The topological polar surface area (TPSA) is 55.3 Å². The Hall–Kier alpha value is -1.91. The van der Waals surface area contributed by atoms with Gasteiger partial charge in [-0.25, -0.2) is 4.79 Å². The summed E-state index contributed by atoms with van der Waals surface area (Å²) >= 11 is 0. The van der Waals surface area contributed by atoms with Crippen LogP contribution in [-0.4, -0.2) is 33.3 Å². The molecule has 0 radical (unpaired) electrons. The van der Waals surface area contributed by atoms with Crippen LogP contribution in [0.25, 0.3) is 5.70 Å². The monoisotopic (exact) mass is 261 g/mol. The molecule has 0 saturated carbocycles. The van der Waals surface area contributed by atoms with E-state index in [4.69, 9.17) is 4.74 Å². The van der Waals surface area contributed by atoms with E-state index in [1.807, 2.05) is 32.9 Å². The molecule has 2 rings (SSSR count). The van der Waals surface area contributed by atoms with E-state index >= 15 is 0 Å². The Morgan fingerprint density at radius 3 is 2.79 bits per heavy atom. The number of rotatable bonds is 1. The number of nitrogens with zero attached hydrogens (tertiary/aromatic N) is 3. The maximum Gasteiger partial charge on any atom is 0.414 e. The van der Waals surface area contributed by atoms with Gasteiger partial charge in [-0.1, -0.05) is 6.08 Å². The summed E-state index contributed by atoms with van der Waals surface area (Å²) in [5, 5.41) is 7.62. The lowest BCUT2D eigenvalue weighted by Crippen LogP contribution is -2.37. The molecule has 0 unspecified atom stereocenters. The minimum Gasteiger partial charge on any atom is -0.443 e. The third-order valence-electron chi connectivity index (χ3n) is 2.71. The van der Waals surface area contributed by atoms with E-state index in [1.165, 1.54) is 0 Å². The SMILES string of the molecule is CC(C)(C)OC(=O)N1CCCC=C1c1ccnnc1. The molecule has 0 bridgehead atoms. The first-order valence-electron chi connectivity index (χ1n) is 6.45. The molecule has 0 fully saturated rings. The molecule has 5 nitrogen and oxygen atoms in total. The van der Waals surface area contributed by atoms with Gasteiger partial charge < -0.3 is 4.74 Å². The van der Waals surface area contributed by atoms with Crippen molar-refractivity contribution in [3.05, 3.63) is 30.1 Å². The summed E-state index contributed by atoms with van der Waals surface area (Å²) in [4.78, 5) is 13.9. The third kappa shape index (κ3) is 3.53. The van der Waals surface area contributed by atoms with E-state index in [0.29, 0.717) is 6.54 Å². The minimum absolute atomic E-state index is 0.310. The molecule has 1 aromatic rings. The summed E-state index contributed by atoms with van der Waals surface area (Å²) in [6, 6.07) is 1.85. The number of hydrogen-bond acceptors (Lipinski definition) is 4. The fourth-order valence-electron chi connectivity index (χ4n) is 1.94. The highest BCUT2D eigenvalue weighted by Gasteiger charge is 2.26. The second-order valence-corrected chi connectivity index (χ2v) is 5.49. The normalized spacial score (nSPS) is 15.9. The van der Waals surface area contributed by atoms with Gasteiger partial charge in [0.1, 0.15) is 5.60 Å². The van der Waals surface area contributed by atoms with Crippen molar-refractivity contribution in [2.45, 2.75) is 39.2 Å². The number of hydrogen-bond donors (Lipinski definition) is 0. The molecule has 1 amide bonds. The van der Waals surface area contributed by atoms with Crippen LogP contribution in [0.4, 0.5) is 4.79 Å². The Kier molecular flexibility index (Phi) is 3.83. The van der Waals surface area contributed by atoms with Crippen LogP contribution in [0, 0.1) is 0 Å². The van der Waals surface area contributed by atoms with Gasteiger partial charge in [0, 0.05) is 12.1 Å². The number of aromatic nitrogens is 2. The van der Waals surface area contributed by atoms with Crippen molar-refractivity contribution in [1.82, 2.24) is 15.1 Å². The van der Waals surface area contributed by atoms with Crippen LogP contribution < -0.4 is 0 Å². The summed E-state index contributed by atoms with van der Waals surface area (Å²) in [7, 11) is 0. The van der Waals surface area contributed by atoms with Crippen molar-refractivity contribution < 1.29 is 9.53 Å². The van der Waals surface area contributed by atoms with Crippen LogP contribution in [0.5, 0.6) is 0 Å². The average molecular weight is 261 g/mol. The van der Waals surface area contributed by atoms with Crippen molar-refractivity contribution in [1.29, 1.82) is 0 Å². The van der Waals surface area contributed by atoms with Crippen molar-refractivity contribution in [3.63, 3.8) is 0 Å². The number of ether oxygens (including phenoxy) is 1. The van der Waals surface area contributed by atoms with Crippen LogP contribution in [0.2, 0.25) is 0 Å². The fourth-order valence-corrected chi connectivity index (χ4v) is 1.94. The maximum absolute atomic E-state index is 12.2. The third-order valence-corrected chi connectivity index (χ3v) is 2.71. The van der Waals surface area contributed by atoms with Gasteiger partial charge in [-0.15, -0.1) is 0 Å². The Morgan fingerprint density at radius 2 is 2.16 bits per heavy atom. The number of carbonyl (C=O) groups excluding carboxylic acids is 1. The second kappa shape index (κ2) is 5.38. The first-order chi connectivity index (χ1) is 8.97. The average Bonchev–Trinajstić information content (AvgIpc) is 2.38. The molecule has 0 spiro atoms. The predicted octanol–water partition coefficient (Wildman–Crippen LogP) is 2.85. The molecule has 1 aromatic heterocycles. The van der Waals surface area contributed by atoms with E-state index in [9.17, 15) is 4.79 Å². The Labute approximate surface area is 113 Å². The van der Waals surface area contributed by atoms with Gasteiger partial charge in [0.15, 0.2) is 0 Å². The highest BCUT2D eigenvalue weighted by molar-refractivity contribution is 5.82. The smallest absolute Gasteiger partial charge is 0.414 e. The van der Waals surface area contributed by atoms with Gasteiger partial charge in [-0.05, 0) is 39.7 Å². The van der Waals surface area contributed by atoms with Gasteiger partial charge in [0.25, 0.3) is 0 Å². The first kappa shape index (κ1) is 13.5. The standard InChI is InChI=1S/C14H19N3O2/c1-14(2,3)19-13(18)17-9-5-4-6-12(17)11-7-8-15-16-10-11/h6-8,10H,4-5,9H2,1-3H3. The van der Waals surface area contributed by atoms with Gasteiger partial charge in [-0.2, -0.15) is 10.2 Å². The fraction of sp³-hybridized carbons (Fsp3) is 0.500. The molecular weight excluding hydrogens is 242 g/mol. The molecule has 1 aliphatic heterocycles. The van der Waals surface area contributed by atoms with E-state index < -0.39 is 5.60 Å². The molecule has 1 aliphatic rings. The number of amides is 1. The Bertz CT molecular complexity index is 477. The summed E-state index contributed by atoms with van der Waals surface area (Å²) in [6.45, 7) is 6.27. The molecule has 0 aliphatic carbocycles. The summed E-state index contributed by atoms with van der Waals surface area (Å²) in [6.07, 6.45) is 6.92. The van der Waals surface area contributed by atoms with Gasteiger partial charge in [0.05, 0.1) is 18.1 Å². The van der Waals surface area contributed by atoms with Gasteiger partial charge >= 0.3 is 6.09 Å². The number of allylic oxidation sites excluding steroid dienone is 1. The zero-order valence-corrected chi connectivity index (χ0v) is 11.6. The van der Waals surface area contributed by atoms with E-state index in [2.05, 4.69) is 10.2 Å². The molecule has 0 saturated heterocycles. The first-order valence-corrected chi connectivity index (χ1v) is 6.45. The van der Waals surface area contributed by atoms with Crippen LogP contribution in [0.15, 0.2) is 24.5 Å². The van der Waals surface area contributed by atoms with Crippen molar-refractivity contribution >= 4 is 11.8 Å². The molecule has 102 valence electrons. The largest absolute Gasteiger partial charge is 0.443 e. The number of carbonyl (C=O) groups is 1. The minimum atomic E-state index is -0.490. The van der Waals surface area contributed by atoms with E-state index in [1.54, 1.807) is 17.3 Å². The lowest BCUT2D eigenvalue weighted by molar-refractivity contribution is 0.0347. The lowest BCUT2D eigenvalue weighted by Gasteiger charge is -2.31. The highest BCUT2D eigenvalue weighted by atomic mass is 16.6.